The molecule has 3 heterocycles. The van der Waals surface area contributed by atoms with Gasteiger partial charge in [-0.25, -0.2) is 13.2 Å². The van der Waals surface area contributed by atoms with Gasteiger partial charge >= 0.3 is 12.0 Å². The van der Waals surface area contributed by atoms with Crippen molar-refractivity contribution in [3.05, 3.63) is 53.9 Å². The number of carbonyl (C=O) groups is 2. The van der Waals surface area contributed by atoms with E-state index in [-0.39, 0.29) is 18.4 Å². The van der Waals surface area contributed by atoms with Gasteiger partial charge in [0.2, 0.25) is 10.0 Å². The van der Waals surface area contributed by atoms with E-state index < -0.39 is 16.0 Å². The van der Waals surface area contributed by atoms with E-state index in [0.29, 0.717) is 32.7 Å². The van der Waals surface area contributed by atoms with Gasteiger partial charge in [-0.2, -0.15) is 9.78 Å². The van der Waals surface area contributed by atoms with Crippen molar-refractivity contribution in [2.75, 3.05) is 37.2 Å². The first-order valence-electron chi connectivity index (χ1n) is 11.0. The minimum Gasteiger partial charge on any atom is -0.480 e. The normalized spacial score (nSPS) is 14.7. The van der Waals surface area contributed by atoms with Crippen LogP contribution in [-0.4, -0.2) is 87.3 Å². The highest BCUT2D eigenvalue weighted by Crippen LogP contribution is 2.25. The van der Waals surface area contributed by atoms with E-state index in [1.165, 1.54) is 16.9 Å². The fourth-order valence-corrected chi connectivity index (χ4v) is 4.45. The molecule has 13 heteroatoms. The fourth-order valence-electron chi connectivity index (χ4n) is 3.96. The summed E-state index contributed by atoms with van der Waals surface area (Å²) in [5.41, 5.74) is 3.82. The Kier molecular flexibility index (Phi) is 6.89. The molecule has 0 saturated carbocycles. The molecule has 12 nitrogen and oxygen atoms in total. The summed E-state index contributed by atoms with van der Waals surface area (Å²) in [5.74, 6) is -0.855. The lowest BCUT2D eigenvalue weighted by molar-refractivity contribution is -0.137. The molecule has 0 atom stereocenters. The molecule has 0 radical (unpaired) electrons. The zero-order chi connectivity index (χ0) is 25.2. The van der Waals surface area contributed by atoms with Gasteiger partial charge in [0, 0.05) is 56.7 Å². The quantitative estimate of drug-likeness (QED) is 0.493. The molecule has 2 aromatic heterocycles. The summed E-state index contributed by atoms with van der Waals surface area (Å²) < 4.78 is 27.5. The minimum absolute atomic E-state index is 0.0946. The van der Waals surface area contributed by atoms with Gasteiger partial charge < -0.3 is 10.0 Å². The Morgan fingerprint density at radius 3 is 2.49 bits per heavy atom. The van der Waals surface area contributed by atoms with Crippen molar-refractivity contribution in [3.8, 4) is 11.3 Å². The summed E-state index contributed by atoms with van der Waals surface area (Å²) >= 11 is 0. The van der Waals surface area contributed by atoms with Gasteiger partial charge in [0.25, 0.3) is 0 Å². The third-order valence-electron chi connectivity index (χ3n) is 5.59. The number of piperazine rings is 1. The van der Waals surface area contributed by atoms with Crippen LogP contribution in [0.5, 0.6) is 0 Å². The van der Waals surface area contributed by atoms with Gasteiger partial charge in [0.15, 0.2) is 5.82 Å². The molecule has 35 heavy (non-hydrogen) atoms. The summed E-state index contributed by atoms with van der Waals surface area (Å²) in [5, 5.41) is 17.4. The molecule has 0 aliphatic carbocycles. The number of carboxylic acids is 1. The number of aromatic nitrogens is 4. The van der Waals surface area contributed by atoms with Crippen molar-refractivity contribution in [1.29, 1.82) is 0 Å². The number of benzene rings is 1. The molecule has 1 fully saturated rings. The number of nitrogens with zero attached hydrogens (tertiary/aromatic N) is 6. The van der Waals surface area contributed by atoms with Crippen LogP contribution in [-0.2, 0) is 27.9 Å². The summed E-state index contributed by atoms with van der Waals surface area (Å²) in [7, 11) is -3.47. The highest BCUT2D eigenvalue weighted by atomic mass is 32.2. The van der Waals surface area contributed by atoms with Crippen LogP contribution in [0.2, 0.25) is 0 Å². The number of carboxylic acid groups (broad SMARTS) is 1. The number of amides is 1. The first-order valence-corrected chi connectivity index (χ1v) is 12.9. The van der Waals surface area contributed by atoms with Gasteiger partial charge in [-0.15, -0.1) is 5.10 Å². The first kappa shape index (κ1) is 24.4. The predicted octanol–water partition coefficient (Wildman–Crippen LogP) is 1.30. The van der Waals surface area contributed by atoms with Gasteiger partial charge in [-0.3, -0.25) is 19.1 Å². The lowest BCUT2D eigenvalue weighted by Crippen LogP contribution is -2.49. The number of anilines is 1. The van der Waals surface area contributed by atoms with Crippen LogP contribution >= 0.6 is 0 Å². The van der Waals surface area contributed by atoms with Crippen LogP contribution in [0.15, 0.2) is 42.7 Å². The summed E-state index contributed by atoms with van der Waals surface area (Å²) in [4.78, 5) is 27.7. The largest absolute Gasteiger partial charge is 0.480 e. The highest BCUT2D eigenvalue weighted by Gasteiger charge is 2.24. The molecule has 2 N–H and O–H groups in total. The molecular formula is C22H27N7O5S. The zero-order valence-electron chi connectivity index (χ0n) is 19.5. The number of hydrogen-bond acceptors (Lipinski definition) is 7. The lowest BCUT2D eigenvalue weighted by atomic mass is 10.0. The lowest BCUT2D eigenvalue weighted by Gasteiger charge is -2.34. The Balaban J connectivity index is 1.40. The van der Waals surface area contributed by atoms with E-state index in [4.69, 9.17) is 5.11 Å². The number of sulfonamides is 1. The number of rotatable bonds is 7. The van der Waals surface area contributed by atoms with Gasteiger partial charge in [-0.05, 0) is 24.6 Å². The summed E-state index contributed by atoms with van der Waals surface area (Å²) in [6.07, 6.45) is 4.12. The average molecular weight is 502 g/mol. The summed E-state index contributed by atoms with van der Waals surface area (Å²) in [6, 6.07) is 9.07. The third-order valence-corrected chi connectivity index (χ3v) is 6.17. The van der Waals surface area contributed by atoms with Crippen LogP contribution in [0.1, 0.15) is 11.1 Å². The minimum atomic E-state index is -3.47. The SMILES string of the molecule is Cc1ccc(CN2CCN(C(=O)n3ccc(NS(C)(=O)=O)n3)CC2)c(-c2ccn(CC(=O)O)n2)c1. The Bertz CT molecular complexity index is 1340. The van der Waals surface area contributed by atoms with Crippen LogP contribution in [0, 0.1) is 6.92 Å². The standard InChI is InChI=1S/C22H27N7O5S/c1-16-3-4-17(18(13-16)19-5-7-28(23-19)15-21(30)31)14-26-9-11-27(12-10-26)22(32)29-8-6-20(24-29)25-35(2,33)34/h3-8,13H,9-12,14-15H2,1-2H3,(H,24,25)(H,30,31). The second-order valence-electron chi connectivity index (χ2n) is 8.52. The van der Waals surface area contributed by atoms with E-state index in [1.807, 2.05) is 25.1 Å². The molecule has 1 amide bonds. The smallest absolute Gasteiger partial charge is 0.344 e. The highest BCUT2D eigenvalue weighted by molar-refractivity contribution is 7.92. The molecule has 0 bridgehead atoms. The average Bonchev–Trinajstić information content (AvgIpc) is 3.43. The Morgan fingerprint density at radius 1 is 1.06 bits per heavy atom. The molecule has 4 rings (SSSR count). The first-order chi connectivity index (χ1) is 16.6. The topological polar surface area (TPSA) is 143 Å². The molecule has 0 spiro atoms. The monoisotopic (exact) mass is 501 g/mol. The Labute approximate surface area is 202 Å². The second kappa shape index (κ2) is 9.88. The Hall–Kier alpha value is -3.71. The summed E-state index contributed by atoms with van der Waals surface area (Å²) in [6.45, 7) is 4.78. The predicted molar refractivity (Wildman–Crippen MR) is 128 cm³/mol. The van der Waals surface area contributed by atoms with Crippen LogP contribution < -0.4 is 4.72 Å². The molecule has 1 aliphatic rings. The Morgan fingerprint density at radius 2 is 1.80 bits per heavy atom. The molecule has 1 aliphatic heterocycles. The third kappa shape index (κ3) is 6.25. The number of aryl methyl sites for hydroxylation is 1. The number of nitrogens with one attached hydrogen (secondary N) is 1. The van der Waals surface area contributed by atoms with E-state index >= 15 is 0 Å². The number of hydrogen-bond donors (Lipinski definition) is 2. The van der Waals surface area contributed by atoms with Crippen molar-refractivity contribution in [3.63, 3.8) is 0 Å². The van der Waals surface area contributed by atoms with Gasteiger partial charge in [0.05, 0.1) is 11.9 Å². The fraction of sp³-hybridized carbons (Fsp3) is 0.364. The molecule has 186 valence electrons. The molecule has 1 aromatic carbocycles. The molecule has 1 saturated heterocycles. The second-order valence-corrected chi connectivity index (χ2v) is 10.3. The van der Waals surface area contributed by atoms with E-state index in [1.54, 1.807) is 11.1 Å². The molecule has 3 aromatic rings. The van der Waals surface area contributed by atoms with Crippen LogP contribution in [0.3, 0.4) is 0 Å². The maximum atomic E-state index is 12.8. The van der Waals surface area contributed by atoms with Crippen molar-refractivity contribution in [2.24, 2.45) is 0 Å². The molecular weight excluding hydrogens is 474 g/mol. The van der Waals surface area contributed by atoms with E-state index in [0.717, 1.165) is 33.3 Å². The molecule has 0 unspecified atom stereocenters. The van der Waals surface area contributed by atoms with Crippen molar-refractivity contribution < 1.29 is 23.1 Å². The number of aliphatic carboxylic acids is 1. The van der Waals surface area contributed by atoms with Crippen LogP contribution in [0.4, 0.5) is 10.6 Å². The van der Waals surface area contributed by atoms with Gasteiger partial charge in [0.1, 0.15) is 6.54 Å². The number of carbonyl (C=O) groups excluding carboxylic acids is 1. The zero-order valence-corrected chi connectivity index (χ0v) is 20.3. The maximum absolute atomic E-state index is 12.8. The van der Waals surface area contributed by atoms with E-state index in [2.05, 4.69) is 25.9 Å². The van der Waals surface area contributed by atoms with Gasteiger partial charge in [-0.1, -0.05) is 17.7 Å². The maximum Gasteiger partial charge on any atom is 0.344 e. The van der Waals surface area contributed by atoms with Crippen LogP contribution in [0.25, 0.3) is 11.3 Å². The van der Waals surface area contributed by atoms with Crippen molar-refractivity contribution in [2.45, 2.75) is 20.0 Å². The van der Waals surface area contributed by atoms with Crippen molar-refractivity contribution in [1.82, 2.24) is 29.4 Å². The van der Waals surface area contributed by atoms with E-state index in [9.17, 15) is 18.0 Å². The van der Waals surface area contributed by atoms with Crippen molar-refractivity contribution >= 4 is 27.8 Å².